The molecule has 0 spiro atoms. The highest BCUT2D eigenvalue weighted by Crippen LogP contribution is 2.49. The number of nitrogens with one attached hydrogen (secondary N) is 1. The van der Waals surface area contributed by atoms with Gasteiger partial charge in [-0.1, -0.05) is 46.8 Å². The summed E-state index contributed by atoms with van der Waals surface area (Å²) in [5.74, 6) is 4.12. The van der Waals surface area contributed by atoms with Crippen LogP contribution < -0.4 is 5.32 Å². The molecule has 2 heteroatoms. The quantitative estimate of drug-likeness (QED) is 0.700. The van der Waals surface area contributed by atoms with Gasteiger partial charge < -0.3 is 5.32 Å². The molecule has 1 nitrogen and oxygen atoms in total. The molecule has 0 aromatic rings. The second-order valence-electron chi connectivity index (χ2n) is 5.48. The Morgan fingerprint density at radius 2 is 1.93 bits per heavy atom. The molecule has 0 amide bonds. The Morgan fingerprint density at radius 1 is 1.33 bits per heavy atom. The third kappa shape index (κ3) is 2.25. The summed E-state index contributed by atoms with van der Waals surface area (Å²) in [4.78, 5) is 0. The fourth-order valence-corrected chi connectivity index (χ4v) is 3.99. The lowest BCUT2D eigenvalue weighted by Crippen LogP contribution is -2.37. The van der Waals surface area contributed by atoms with Gasteiger partial charge in [-0.3, -0.25) is 0 Å². The molecule has 1 radical (unpaired) electrons. The van der Waals surface area contributed by atoms with E-state index in [4.69, 9.17) is 0 Å². The number of rotatable bonds is 4. The van der Waals surface area contributed by atoms with Crippen LogP contribution in [-0.4, -0.2) is 20.4 Å². The molecule has 1 rings (SSSR count). The number of hydrogen-bond donors (Lipinski definition) is 1. The van der Waals surface area contributed by atoms with E-state index in [1.54, 1.807) is 0 Å². The van der Waals surface area contributed by atoms with Crippen molar-refractivity contribution >= 4 is 7.28 Å². The number of hydrogen-bond acceptors (Lipinski definition) is 1. The van der Waals surface area contributed by atoms with Gasteiger partial charge in [0, 0.05) is 6.04 Å². The average molecular weight is 208 g/mol. The molecule has 5 unspecified atom stereocenters. The monoisotopic (exact) mass is 208 g/mol. The van der Waals surface area contributed by atoms with E-state index in [0.717, 1.165) is 29.5 Å². The van der Waals surface area contributed by atoms with Gasteiger partial charge in [-0.2, -0.15) is 0 Å². The van der Waals surface area contributed by atoms with E-state index < -0.39 is 0 Å². The van der Waals surface area contributed by atoms with Crippen molar-refractivity contribution in [2.24, 2.45) is 23.7 Å². The van der Waals surface area contributed by atoms with E-state index in [0.29, 0.717) is 6.04 Å². The predicted molar refractivity (Wildman–Crippen MR) is 69.5 cm³/mol. The van der Waals surface area contributed by atoms with Gasteiger partial charge in [0.05, 0.1) is 0 Å². The van der Waals surface area contributed by atoms with Crippen LogP contribution in [0.3, 0.4) is 0 Å². The highest BCUT2D eigenvalue weighted by molar-refractivity contribution is 6.36. The van der Waals surface area contributed by atoms with Crippen LogP contribution in [0.2, 0.25) is 12.6 Å². The largest absolute Gasteiger partial charge is 0.317 e. The molecule has 0 saturated heterocycles. The van der Waals surface area contributed by atoms with Crippen molar-refractivity contribution in [1.29, 1.82) is 0 Å². The summed E-state index contributed by atoms with van der Waals surface area (Å²) in [6.07, 6.45) is 1.32. The fraction of sp³-hybridized carbons (Fsp3) is 1.00. The van der Waals surface area contributed by atoms with Gasteiger partial charge in [0.25, 0.3) is 0 Å². The maximum atomic E-state index is 3.56. The second kappa shape index (κ2) is 5.38. The molecule has 5 atom stereocenters. The lowest BCUT2D eigenvalue weighted by Gasteiger charge is -2.28. The van der Waals surface area contributed by atoms with Gasteiger partial charge in [-0.25, -0.2) is 0 Å². The molecule has 0 aromatic carbocycles. The summed E-state index contributed by atoms with van der Waals surface area (Å²) < 4.78 is 0. The highest BCUT2D eigenvalue weighted by atomic mass is 14.9. The van der Waals surface area contributed by atoms with Crippen LogP contribution in [0, 0.1) is 23.7 Å². The van der Waals surface area contributed by atoms with Crippen LogP contribution in [0.1, 0.15) is 34.1 Å². The molecule has 1 N–H and O–H groups in total. The average Bonchev–Trinajstić information content (AvgIpc) is 2.49. The summed E-state index contributed by atoms with van der Waals surface area (Å²) in [5.41, 5.74) is 0. The Kier molecular flexibility index (Phi) is 4.70. The van der Waals surface area contributed by atoms with E-state index in [-0.39, 0.29) is 0 Å². The maximum Gasteiger partial charge on any atom is 0.112 e. The van der Waals surface area contributed by atoms with Crippen LogP contribution in [0.5, 0.6) is 0 Å². The third-order valence-corrected chi connectivity index (χ3v) is 4.57. The molecule has 1 saturated carbocycles. The van der Waals surface area contributed by atoms with Crippen LogP contribution in [0.15, 0.2) is 0 Å². The Hall–Kier alpha value is 0.0249. The van der Waals surface area contributed by atoms with Gasteiger partial charge in [-0.05, 0) is 30.7 Å². The first-order chi connectivity index (χ1) is 7.08. The zero-order valence-electron chi connectivity index (χ0n) is 11.2. The van der Waals surface area contributed by atoms with Crippen molar-refractivity contribution in [3.05, 3.63) is 0 Å². The van der Waals surface area contributed by atoms with E-state index in [9.17, 15) is 0 Å². The summed E-state index contributed by atoms with van der Waals surface area (Å²) in [5, 5.41) is 3.56. The topological polar surface area (TPSA) is 12.0 Å². The van der Waals surface area contributed by atoms with Crippen molar-refractivity contribution in [1.82, 2.24) is 5.32 Å². The minimum Gasteiger partial charge on any atom is -0.317 e. The van der Waals surface area contributed by atoms with Crippen LogP contribution in [-0.2, 0) is 0 Å². The normalized spacial score (nSPS) is 41.1. The fourth-order valence-electron chi connectivity index (χ4n) is 3.99. The minimum atomic E-state index is 0.690. The first-order valence-corrected chi connectivity index (χ1v) is 6.55. The lowest BCUT2D eigenvalue weighted by atomic mass is 9.59. The molecule has 1 aliphatic rings. The zero-order chi connectivity index (χ0) is 11.6. The molecule has 1 aliphatic carbocycles. The Labute approximate surface area is 96.6 Å². The van der Waals surface area contributed by atoms with Crippen molar-refractivity contribution in [2.75, 3.05) is 7.05 Å². The van der Waals surface area contributed by atoms with Crippen LogP contribution in [0.25, 0.3) is 0 Å². The van der Waals surface area contributed by atoms with Gasteiger partial charge in [0.1, 0.15) is 7.28 Å². The van der Waals surface area contributed by atoms with Gasteiger partial charge in [0.15, 0.2) is 0 Å². The third-order valence-electron chi connectivity index (χ3n) is 4.57. The van der Waals surface area contributed by atoms with E-state index in [2.05, 4.69) is 54.2 Å². The van der Waals surface area contributed by atoms with Gasteiger partial charge >= 0.3 is 0 Å². The van der Waals surface area contributed by atoms with Crippen molar-refractivity contribution < 1.29 is 0 Å². The maximum absolute atomic E-state index is 3.56. The van der Waals surface area contributed by atoms with Crippen LogP contribution >= 0.6 is 0 Å². The molecule has 0 aliphatic heterocycles. The highest BCUT2D eigenvalue weighted by Gasteiger charge is 2.46. The molecule has 0 bridgehead atoms. The molecule has 0 heterocycles. The zero-order valence-corrected chi connectivity index (χ0v) is 11.2. The summed E-state index contributed by atoms with van der Waals surface area (Å²) >= 11 is 0. The molecule has 87 valence electrons. The van der Waals surface area contributed by atoms with Crippen molar-refractivity contribution in [3.8, 4) is 0 Å². The Morgan fingerprint density at radius 3 is 2.27 bits per heavy atom. The Balaban J connectivity index is 2.89. The minimum absolute atomic E-state index is 0.690. The molecular weight excluding hydrogens is 181 g/mol. The molecular formula is C13H27BN. The van der Waals surface area contributed by atoms with E-state index in [1.165, 1.54) is 6.42 Å². The second-order valence-corrected chi connectivity index (χ2v) is 5.48. The first-order valence-electron chi connectivity index (χ1n) is 6.55. The van der Waals surface area contributed by atoms with Crippen molar-refractivity contribution in [2.45, 2.75) is 52.8 Å². The predicted octanol–water partition coefficient (Wildman–Crippen LogP) is 3.06. The van der Waals surface area contributed by atoms with E-state index >= 15 is 0 Å². The Bertz CT molecular complexity index is 193. The smallest absolute Gasteiger partial charge is 0.112 e. The molecule has 0 aromatic heterocycles. The van der Waals surface area contributed by atoms with Crippen LogP contribution in [0.4, 0.5) is 0 Å². The SMILES string of the molecule is C[B]C1C(CC)C(C)C(C(C)C)C1NC. The lowest BCUT2D eigenvalue weighted by molar-refractivity contribution is 0.244. The van der Waals surface area contributed by atoms with Gasteiger partial charge in [-0.15, -0.1) is 0 Å². The van der Waals surface area contributed by atoms with Gasteiger partial charge in [0.2, 0.25) is 0 Å². The van der Waals surface area contributed by atoms with E-state index in [1.807, 2.05) is 0 Å². The molecule has 1 fully saturated rings. The summed E-state index contributed by atoms with van der Waals surface area (Å²) in [7, 11) is 4.55. The first kappa shape index (κ1) is 13.1. The van der Waals surface area contributed by atoms with Crippen molar-refractivity contribution in [3.63, 3.8) is 0 Å². The summed E-state index contributed by atoms with van der Waals surface area (Å²) in [6, 6.07) is 0.690. The molecule has 15 heavy (non-hydrogen) atoms. The standard InChI is InChI=1S/C13H27BN/c1-7-10-9(4)11(8(2)3)13(15-6)12(10)14-5/h8-13,15H,7H2,1-6H3. The summed E-state index contributed by atoms with van der Waals surface area (Å²) in [6.45, 7) is 11.8.